The van der Waals surface area contributed by atoms with Crippen LogP contribution in [0.2, 0.25) is 0 Å². The second-order valence-corrected chi connectivity index (χ2v) is 5.16. The summed E-state index contributed by atoms with van der Waals surface area (Å²) in [6.45, 7) is 3.11. The van der Waals surface area contributed by atoms with Crippen molar-refractivity contribution in [1.29, 1.82) is 0 Å². The molecule has 0 saturated carbocycles. The SMILES string of the molecule is C/C(=N/NC(=O)Cn1ccccc1=O)c1ccc(C)c([N+](=O)[O-])c1. The molecule has 1 N–H and O–H groups in total. The average Bonchev–Trinajstić information content (AvgIpc) is 2.55. The highest BCUT2D eigenvalue weighted by atomic mass is 16.6. The Morgan fingerprint density at radius 3 is 2.75 bits per heavy atom. The molecule has 0 unspecified atom stereocenters. The number of hydrogen-bond donors (Lipinski definition) is 1. The Morgan fingerprint density at radius 2 is 2.08 bits per heavy atom. The van der Waals surface area contributed by atoms with Gasteiger partial charge in [-0.1, -0.05) is 18.2 Å². The number of aryl methyl sites for hydroxylation is 1. The lowest BCUT2D eigenvalue weighted by atomic mass is 10.1. The smallest absolute Gasteiger partial charge is 0.272 e. The standard InChI is InChI=1S/C16H16N4O4/c1-11-6-7-13(9-14(11)20(23)24)12(2)17-18-15(21)10-19-8-4-3-5-16(19)22/h3-9H,10H2,1-2H3,(H,18,21)/b17-12-. The number of aromatic nitrogens is 1. The molecule has 24 heavy (non-hydrogen) atoms. The summed E-state index contributed by atoms with van der Waals surface area (Å²) in [6, 6.07) is 9.31. The lowest BCUT2D eigenvalue weighted by molar-refractivity contribution is -0.385. The first-order valence-electron chi connectivity index (χ1n) is 7.12. The lowest BCUT2D eigenvalue weighted by Gasteiger charge is -2.05. The van der Waals surface area contributed by atoms with Gasteiger partial charge in [-0.15, -0.1) is 0 Å². The number of nitro benzene ring substituents is 1. The number of nitrogens with zero attached hydrogens (tertiary/aromatic N) is 3. The Labute approximate surface area is 137 Å². The maximum atomic E-state index is 11.8. The molecule has 8 nitrogen and oxygen atoms in total. The first-order valence-corrected chi connectivity index (χ1v) is 7.12. The van der Waals surface area contributed by atoms with Crippen molar-refractivity contribution in [3.8, 4) is 0 Å². The number of benzene rings is 1. The second-order valence-electron chi connectivity index (χ2n) is 5.16. The number of hydrazone groups is 1. The van der Waals surface area contributed by atoms with Gasteiger partial charge in [0.25, 0.3) is 17.2 Å². The zero-order valence-corrected chi connectivity index (χ0v) is 13.2. The number of carbonyl (C=O) groups is 1. The molecule has 2 aromatic rings. The van der Waals surface area contributed by atoms with E-state index in [1.54, 1.807) is 38.1 Å². The summed E-state index contributed by atoms with van der Waals surface area (Å²) in [5.74, 6) is -0.468. The van der Waals surface area contributed by atoms with Crippen LogP contribution in [0.4, 0.5) is 5.69 Å². The molecule has 0 radical (unpaired) electrons. The van der Waals surface area contributed by atoms with E-state index in [0.29, 0.717) is 16.8 Å². The topological polar surface area (TPSA) is 107 Å². The number of pyridine rings is 1. The van der Waals surface area contributed by atoms with E-state index in [1.807, 2.05) is 0 Å². The first kappa shape index (κ1) is 17.1. The summed E-state index contributed by atoms with van der Waals surface area (Å²) in [5, 5.41) is 14.9. The molecule has 8 heteroatoms. The molecule has 1 aromatic carbocycles. The van der Waals surface area contributed by atoms with Crippen LogP contribution >= 0.6 is 0 Å². The third kappa shape index (κ3) is 4.13. The highest BCUT2D eigenvalue weighted by Crippen LogP contribution is 2.19. The largest absolute Gasteiger partial charge is 0.306 e. The molecule has 0 fully saturated rings. The molecule has 1 amide bonds. The minimum atomic E-state index is -0.468. The zero-order chi connectivity index (χ0) is 17.7. The molecule has 0 aliphatic rings. The molecule has 0 spiro atoms. The van der Waals surface area contributed by atoms with Crippen LogP contribution in [0.5, 0.6) is 0 Å². The average molecular weight is 328 g/mol. The van der Waals surface area contributed by atoms with E-state index < -0.39 is 10.8 Å². The summed E-state index contributed by atoms with van der Waals surface area (Å²) >= 11 is 0. The highest BCUT2D eigenvalue weighted by molar-refractivity contribution is 5.99. The van der Waals surface area contributed by atoms with E-state index in [-0.39, 0.29) is 17.8 Å². The van der Waals surface area contributed by atoms with Crippen molar-refractivity contribution in [3.63, 3.8) is 0 Å². The Kier molecular flexibility index (Phi) is 5.20. The number of nitrogens with one attached hydrogen (secondary N) is 1. The van der Waals surface area contributed by atoms with Crippen LogP contribution in [-0.2, 0) is 11.3 Å². The molecule has 124 valence electrons. The number of nitro groups is 1. The van der Waals surface area contributed by atoms with E-state index in [4.69, 9.17) is 0 Å². The van der Waals surface area contributed by atoms with E-state index in [1.165, 1.54) is 22.9 Å². The number of hydrogen-bond acceptors (Lipinski definition) is 5. The number of rotatable bonds is 5. The number of carbonyl (C=O) groups excluding carboxylic acids is 1. The normalized spacial score (nSPS) is 11.2. The van der Waals surface area contributed by atoms with Crippen LogP contribution in [-0.4, -0.2) is 21.1 Å². The van der Waals surface area contributed by atoms with Crippen molar-refractivity contribution < 1.29 is 9.72 Å². The summed E-state index contributed by atoms with van der Waals surface area (Å²) in [7, 11) is 0. The van der Waals surface area contributed by atoms with Gasteiger partial charge in [0.05, 0.1) is 10.6 Å². The van der Waals surface area contributed by atoms with E-state index in [9.17, 15) is 19.7 Å². The Morgan fingerprint density at radius 1 is 1.33 bits per heavy atom. The third-order valence-corrected chi connectivity index (χ3v) is 3.38. The maximum Gasteiger partial charge on any atom is 0.272 e. The van der Waals surface area contributed by atoms with Crippen molar-refractivity contribution in [2.75, 3.05) is 0 Å². The quantitative estimate of drug-likeness (QED) is 0.511. The van der Waals surface area contributed by atoms with Gasteiger partial charge < -0.3 is 4.57 Å². The van der Waals surface area contributed by atoms with Crippen LogP contribution in [0.1, 0.15) is 18.1 Å². The van der Waals surface area contributed by atoms with Gasteiger partial charge in [0.1, 0.15) is 6.54 Å². The monoisotopic (exact) mass is 328 g/mol. The zero-order valence-electron chi connectivity index (χ0n) is 13.2. The maximum absolute atomic E-state index is 11.8. The van der Waals surface area contributed by atoms with Gasteiger partial charge in [-0.3, -0.25) is 19.7 Å². The fourth-order valence-corrected chi connectivity index (χ4v) is 2.02. The van der Waals surface area contributed by atoms with Gasteiger partial charge >= 0.3 is 0 Å². The molecule has 0 bridgehead atoms. The molecule has 1 heterocycles. The van der Waals surface area contributed by atoms with Crippen molar-refractivity contribution in [1.82, 2.24) is 9.99 Å². The fourth-order valence-electron chi connectivity index (χ4n) is 2.02. The molecule has 2 rings (SSSR count). The molecular formula is C16H16N4O4. The van der Waals surface area contributed by atoms with Crippen LogP contribution < -0.4 is 11.0 Å². The van der Waals surface area contributed by atoms with Crippen LogP contribution in [0, 0.1) is 17.0 Å². The van der Waals surface area contributed by atoms with Gasteiger partial charge in [-0.05, 0) is 19.9 Å². The first-order chi connectivity index (χ1) is 11.4. The second kappa shape index (κ2) is 7.32. The highest BCUT2D eigenvalue weighted by Gasteiger charge is 2.12. The van der Waals surface area contributed by atoms with Crippen LogP contribution in [0.25, 0.3) is 0 Å². The molecule has 1 aromatic heterocycles. The molecule has 0 saturated heterocycles. The fraction of sp³-hybridized carbons (Fsp3) is 0.188. The molecule has 0 aliphatic heterocycles. The predicted molar refractivity (Wildman–Crippen MR) is 88.9 cm³/mol. The summed E-state index contributed by atoms with van der Waals surface area (Å²) < 4.78 is 1.25. The number of amides is 1. The van der Waals surface area contributed by atoms with Crippen molar-refractivity contribution in [2.24, 2.45) is 5.10 Å². The van der Waals surface area contributed by atoms with Gasteiger partial charge in [0.15, 0.2) is 0 Å². The van der Waals surface area contributed by atoms with Gasteiger partial charge in [0.2, 0.25) is 0 Å². The van der Waals surface area contributed by atoms with Crippen molar-refractivity contribution >= 4 is 17.3 Å². The minimum absolute atomic E-state index is 0.00999. The van der Waals surface area contributed by atoms with Crippen LogP contribution in [0.3, 0.4) is 0 Å². The van der Waals surface area contributed by atoms with E-state index >= 15 is 0 Å². The Balaban J connectivity index is 2.10. The van der Waals surface area contributed by atoms with E-state index in [2.05, 4.69) is 10.5 Å². The van der Waals surface area contributed by atoms with Gasteiger partial charge in [-0.25, -0.2) is 5.43 Å². The Hall–Kier alpha value is -3.29. The molecular weight excluding hydrogens is 312 g/mol. The molecule has 0 atom stereocenters. The van der Waals surface area contributed by atoms with Crippen molar-refractivity contribution in [2.45, 2.75) is 20.4 Å². The third-order valence-electron chi connectivity index (χ3n) is 3.38. The molecule has 0 aliphatic carbocycles. The summed E-state index contributed by atoms with van der Waals surface area (Å²) in [6.07, 6.45) is 1.50. The van der Waals surface area contributed by atoms with Gasteiger partial charge in [-0.2, -0.15) is 5.10 Å². The minimum Gasteiger partial charge on any atom is -0.306 e. The van der Waals surface area contributed by atoms with E-state index in [0.717, 1.165) is 0 Å². The summed E-state index contributed by atoms with van der Waals surface area (Å²) in [4.78, 5) is 33.9. The van der Waals surface area contributed by atoms with Crippen LogP contribution in [0.15, 0.2) is 52.5 Å². The van der Waals surface area contributed by atoms with Crippen molar-refractivity contribution in [3.05, 3.63) is 74.2 Å². The summed E-state index contributed by atoms with van der Waals surface area (Å²) in [5.41, 5.74) is 3.54. The Bertz CT molecular complexity index is 870. The lowest BCUT2D eigenvalue weighted by Crippen LogP contribution is -2.29. The predicted octanol–water partition coefficient (Wildman–Crippen LogP) is 1.61. The van der Waals surface area contributed by atoms with Gasteiger partial charge in [0, 0.05) is 29.5 Å².